The average molecular weight is 656 g/mol. The minimum atomic E-state index is 0.0532. The molecule has 0 saturated heterocycles. The van der Waals surface area contributed by atoms with E-state index in [0.29, 0.717) is 0 Å². The summed E-state index contributed by atoms with van der Waals surface area (Å²) >= 11 is 1.96. The summed E-state index contributed by atoms with van der Waals surface area (Å²) < 4.78 is 0. The Morgan fingerprint density at radius 1 is 0.667 bits per heavy atom. The van der Waals surface area contributed by atoms with E-state index >= 15 is 0 Å². The van der Waals surface area contributed by atoms with Crippen LogP contribution in [0.3, 0.4) is 0 Å². The van der Waals surface area contributed by atoms with Crippen molar-refractivity contribution in [2.24, 2.45) is 0 Å². The van der Waals surface area contributed by atoms with Crippen molar-refractivity contribution in [2.45, 2.75) is 147 Å². The fourth-order valence-corrected chi connectivity index (χ4v) is 13.8. The molecule has 0 aromatic heterocycles. The Hall–Kier alpha value is -1.11. The monoisotopic (exact) mass is 654 g/mol. The van der Waals surface area contributed by atoms with Crippen LogP contribution in [0.25, 0.3) is 21.5 Å². The van der Waals surface area contributed by atoms with Crippen LogP contribution in [0.5, 0.6) is 0 Å². The number of fused-ring (bicyclic) bond motifs is 3. The first-order valence-electron chi connectivity index (χ1n) is 17.0. The van der Waals surface area contributed by atoms with Gasteiger partial charge in [0.2, 0.25) is 0 Å². The molecule has 0 radical (unpaired) electrons. The van der Waals surface area contributed by atoms with Crippen LogP contribution in [0.1, 0.15) is 136 Å². The Balaban J connectivity index is 0.000000170. The molecule has 224 valence electrons. The van der Waals surface area contributed by atoms with Crippen molar-refractivity contribution >= 4 is 27.0 Å². The summed E-state index contributed by atoms with van der Waals surface area (Å²) in [5.41, 5.74) is 5.70. The molecule has 3 aromatic carbocycles. The number of rotatable bonds is 2. The van der Waals surface area contributed by atoms with Crippen molar-refractivity contribution in [2.75, 3.05) is 0 Å². The van der Waals surface area contributed by atoms with Crippen molar-refractivity contribution < 1.29 is 23.3 Å². The van der Waals surface area contributed by atoms with Gasteiger partial charge in [-0.2, -0.15) is 6.08 Å². The van der Waals surface area contributed by atoms with Crippen LogP contribution in [0.2, 0.25) is 11.1 Å². The topological polar surface area (TPSA) is 0 Å². The van der Waals surface area contributed by atoms with E-state index in [9.17, 15) is 0 Å². The SMILES string of the molecule is CC(C)(C)c1ccc2c(c1)[cH-]c1cc(C(C)(C)C)ccc12.[C-]1=CC=CC1.[Zr+2]=[Si](C1CCCCCC1)C1CCCCCC1. The van der Waals surface area contributed by atoms with Crippen molar-refractivity contribution in [3.63, 3.8) is 0 Å². The Labute approximate surface area is 273 Å². The fourth-order valence-electron chi connectivity index (χ4n) is 6.81. The molecule has 0 amide bonds. The summed E-state index contributed by atoms with van der Waals surface area (Å²) in [6.45, 7) is 13.6. The van der Waals surface area contributed by atoms with E-state index in [1.54, 1.807) is 51.4 Å². The van der Waals surface area contributed by atoms with Gasteiger partial charge in [0.05, 0.1) is 0 Å². The number of allylic oxidation sites excluding steroid dienone is 4. The molecule has 0 atom stereocenters. The Bertz CT molecular complexity index is 1240. The van der Waals surface area contributed by atoms with Crippen LogP contribution < -0.4 is 0 Å². The Morgan fingerprint density at radius 3 is 1.40 bits per heavy atom. The molecule has 3 aliphatic rings. The average Bonchev–Trinajstić information content (AvgIpc) is 3.47. The molecule has 0 aliphatic heterocycles. The minimum absolute atomic E-state index is 0.0532. The third-order valence-electron chi connectivity index (χ3n) is 9.61. The van der Waals surface area contributed by atoms with E-state index in [1.807, 2.05) is 35.5 Å². The Morgan fingerprint density at radius 2 is 1.10 bits per heavy atom. The van der Waals surface area contributed by atoms with Gasteiger partial charge in [-0.15, -0.1) is 46.2 Å². The van der Waals surface area contributed by atoms with E-state index < -0.39 is 0 Å². The van der Waals surface area contributed by atoms with E-state index in [-0.39, 0.29) is 16.3 Å². The van der Waals surface area contributed by atoms with Gasteiger partial charge in [-0.05, 0) is 10.8 Å². The second-order valence-corrected chi connectivity index (χ2v) is 21.9. The van der Waals surface area contributed by atoms with Gasteiger partial charge < -0.3 is 0 Å². The molecule has 2 fully saturated rings. The summed E-state index contributed by atoms with van der Waals surface area (Å²) in [5.74, 6) is 0. The molecule has 3 aliphatic carbocycles. The van der Waals surface area contributed by atoms with E-state index in [0.717, 1.165) is 6.42 Å². The van der Waals surface area contributed by atoms with Crippen molar-refractivity contribution in [3.8, 4) is 0 Å². The van der Waals surface area contributed by atoms with Gasteiger partial charge >= 0.3 is 117 Å². The van der Waals surface area contributed by atoms with Crippen LogP contribution >= 0.6 is 0 Å². The van der Waals surface area contributed by atoms with Crippen LogP contribution in [-0.4, -0.2) is 5.43 Å². The number of hydrogen-bond acceptors (Lipinski definition) is 0. The molecule has 6 rings (SSSR count). The predicted molar refractivity (Wildman–Crippen MR) is 185 cm³/mol. The maximum absolute atomic E-state index is 2.99. The van der Waals surface area contributed by atoms with Gasteiger partial charge in [0, 0.05) is 0 Å². The van der Waals surface area contributed by atoms with Crippen LogP contribution in [0.15, 0.2) is 60.7 Å². The van der Waals surface area contributed by atoms with Gasteiger partial charge in [-0.1, -0.05) is 76.9 Å². The summed E-state index contributed by atoms with van der Waals surface area (Å²) in [4.78, 5) is 0. The fraction of sp³-hybridized carbons (Fsp3) is 0.575. The molecule has 42 heavy (non-hydrogen) atoms. The maximum atomic E-state index is 2.99. The van der Waals surface area contributed by atoms with E-state index in [2.05, 4.69) is 96.2 Å². The van der Waals surface area contributed by atoms with Gasteiger partial charge in [-0.3, -0.25) is 6.08 Å². The van der Waals surface area contributed by atoms with E-state index in [4.69, 9.17) is 0 Å². The van der Waals surface area contributed by atoms with Crippen LogP contribution in [0.4, 0.5) is 0 Å². The first-order valence-corrected chi connectivity index (χ1v) is 22.3. The Kier molecular flexibility index (Phi) is 12.7. The molecule has 0 bridgehead atoms. The molecule has 2 saturated carbocycles. The predicted octanol–water partition coefficient (Wildman–Crippen LogP) is 12.6. The van der Waals surface area contributed by atoms with Gasteiger partial charge in [0.1, 0.15) is 0 Å². The number of benzene rings is 2. The van der Waals surface area contributed by atoms with Gasteiger partial charge in [0.25, 0.3) is 0 Å². The molecular formula is C40H56SiZr. The number of hydrogen-bond donors (Lipinski definition) is 0. The summed E-state index contributed by atoms with van der Waals surface area (Å²) in [6, 6.07) is 16.2. The molecule has 0 unspecified atom stereocenters. The van der Waals surface area contributed by atoms with Crippen molar-refractivity contribution in [1.82, 2.24) is 0 Å². The second kappa shape index (κ2) is 15.8. The first kappa shape index (κ1) is 33.8. The molecule has 2 heteroatoms. The molecular weight excluding hydrogens is 600 g/mol. The first-order chi connectivity index (χ1) is 20.0. The second-order valence-electron chi connectivity index (χ2n) is 15.1. The third kappa shape index (κ3) is 9.69. The summed E-state index contributed by atoms with van der Waals surface area (Å²) in [7, 11) is 0. The van der Waals surface area contributed by atoms with Crippen LogP contribution in [-0.2, 0) is 34.2 Å². The van der Waals surface area contributed by atoms with Gasteiger partial charge in [-0.25, -0.2) is 12.2 Å². The molecule has 0 heterocycles. The molecule has 0 nitrogen and oxygen atoms in total. The van der Waals surface area contributed by atoms with Crippen molar-refractivity contribution in [3.05, 3.63) is 77.9 Å². The zero-order valence-corrected chi connectivity index (χ0v) is 31.1. The molecule has 0 spiro atoms. The van der Waals surface area contributed by atoms with Crippen LogP contribution in [0, 0.1) is 6.08 Å². The van der Waals surface area contributed by atoms with E-state index in [1.165, 1.54) is 69.4 Å². The quantitative estimate of drug-likeness (QED) is 0.146. The standard InChI is InChI=1S/C21H25.C14H26Si.C5H5.Zr/c1-20(2,3)16-7-9-18-14(12-16)11-15-13-17(21(4,5)6)8-10-19(15)18;1-2-6-10-13(9-5-1)15-14-11-7-3-4-8-12-14;1-2-4-5-3-1;/h7-13H,1-6H3;13-14H,1-12H2;1-3H,4H2;/q-1;;-1;+2. The molecule has 3 aromatic rings. The normalized spacial score (nSPS) is 18.7. The zero-order valence-electron chi connectivity index (χ0n) is 27.6. The zero-order chi connectivity index (χ0) is 30.2. The van der Waals surface area contributed by atoms with Crippen molar-refractivity contribution in [1.29, 1.82) is 0 Å². The summed E-state index contributed by atoms with van der Waals surface area (Å²) in [5, 5.41) is 5.48. The van der Waals surface area contributed by atoms with Gasteiger partial charge in [0.15, 0.2) is 0 Å². The third-order valence-corrected chi connectivity index (χ3v) is 18.5. The molecule has 0 N–H and O–H groups in total. The summed E-state index contributed by atoms with van der Waals surface area (Å²) in [6.07, 6.45) is 28.8.